The van der Waals surface area contributed by atoms with Crippen LogP contribution in [0.2, 0.25) is 0 Å². The Morgan fingerprint density at radius 2 is 1.00 bits per heavy atom. The van der Waals surface area contributed by atoms with Crippen LogP contribution >= 0.6 is 0 Å². The van der Waals surface area contributed by atoms with E-state index in [-0.39, 0.29) is 0 Å². The fraction of sp³-hybridized carbons (Fsp3) is 0.333. The van der Waals surface area contributed by atoms with E-state index in [1.165, 1.54) is 11.1 Å². The van der Waals surface area contributed by atoms with Crippen molar-refractivity contribution in [3.05, 3.63) is 59.7 Å². The first kappa shape index (κ1) is 15.4. The third kappa shape index (κ3) is 5.88. The molecule has 0 fully saturated rings. The van der Waals surface area contributed by atoms with Crippen LogP contribution < -0.4 is 5.32 Å². The molecule has 3 heteroatoms. The Morgan fingerprint density at radius 3 is 1.38 bits per heavy atom. The molecule has 0 aromatic heterocycles. The smallest absolute Gasteiger partial charge is 0.115 e. The highest BCUT2D eigenvalue weighted by atomic mass is 16.3. The Morgan fingerprint density at radius 1 is 0.619 bits per heavy atom. The summed E-state index contributed by atoms with van der Waals surface area (Å²) >= 11 is 0. The summed E-state index contributed by atoms with van der Waals surface area (Å²) in [5.74, 6) is 0.650. The monoisotopic (exact) mass is 285 g/mol. The predicted octanol–water partition coefficient (Wildman–Crippen LogP) is 3.25. The summed E-state index contributed by atoms with van der Waals surface area (Å²) in [6, 6.07) is 14.8. The van der Waals surface area contributed by atoms with Gasteiger partial charge in [0.2, 0.25) is 0 Å². The van der Waals surface area contributed by atoms with Gasteiger partial charge >= 0.3 is 0 Å². The first-order chi connectivity index (χ1) is 10.2. The van der Waals surface area contributed by atoms with Crippen molar-refractivity contribution in [1.82, 2.24) is 5.32 Å². The molecular formula is C18H23NO2. The summed E-state index contributed by atoms with van der Waals surface area (Å²) < 4.78 is 0. The highest BCUT2D eigenvalue weighted by Gasteiger charge is 1.96. The molecule has 21 heavy (non-hydrogen) atoms. The van der Waals surface area contributed by atoms with Crippen LogP contribution in [0.4, 0.5) is 0 Å². The number of aromatic hydroxyl groups is 2. The lowest BCUT2D eigenvalue weighted by Gasteiger charge is -2.06. The largest absolute Gasteiger partial charge is 0.508 e. The molecule has 2 rings (SSSR count). The Labute approximate surface area is 126 Å². The molecular weight excluding hydrogens is 262 g/mol. The summed E-state index contributed by atoms with van der Waals surface area (Å²) in [5, 5.41) is 21.9. The van der Waals surface area contributed by atoms with Gasteiger partial charge in [0, 0.05) is 0 Å². The molecule has 3 nitrogen and oxygen atoms in total. The lowest BCUT2D eigenvalue weighted by atomic mass is 10.1. The van der Waals surface area contributed by atoms with Crippen LogP contribution in [-0.4, -0.2) is 23.3 Å². The van der Waals surface area contributed by atoms with Gasteiger partial charge in [0.15, 0.2) is 0 Å². The van der Waals surface area contributed by atoms with E-state index in [9.17, 15) is 10.2 Å². The number of phenolic OH excluding ortho intramolecular Hbond substituents is 2. The number of rotatable bonds is 8. The molecule has 112 valence electrons. The summed E-state index contributed by atoms with van der Waals surface area (Å²) in [6.07, 6.45) is 4.27. The summed E-state index contributed by atoms with van der Waals surface area (Å²) in [7, 11) is 0. The van der Waals surface area contributed by atoms with E-state index in [1.54, 1.807) is 24.3 Å². The first-order valence-corrected chi connectivity index (χ1v) is 7.50. The van der Waals surface area contributed by atoms with E-state index in [4.69, 9.17) is 0 Å². The maximum absolute atomic E-state index is 9.21. The van der Waals surface area contributed by atoms with E-state index in [0.29, 0.717) is 11.5 Å². The second-order valence-electron chi connectivity index (χ2n) is 5.29. The summed E-state index contributed by atoms with van der Waals surface area (Å²) in [5.41, 5.74) is 2.53. The van der Waals surface area contributed by atoms with Gasteiger partial charge in [-0.15, -0.1) is 0 Å². The molecule has 0 heterocycles. The fourth-order valence-electron chi connectivity index (χ4n) is 2.29. The molecule has 3 N–H and O–H groups in total. The average molecular weight is 285 g/mol. The highest BCUT2D eigenvalue weighted by Crippen LogP contribution is 2.11. The second kappa shape index (κ2) is 8.32. The van der Waals surface area contributed by atoms with Crippen molar-refractivity contribution >= 4 is 0 Å². The van der Waals surface area contributed by atoms with E-state index in [1.807, 2.05) is 24.3 Å². The Kier molecular flexibility index (Phi) is 6.10. The van der Waals surface area contributed by atoms with Crippen LogP contribution in [0.1, 0.15) is 24.0 Å². The van der Waals surface area contributed by atoms with E-state index in [0.717, 1.165) is 38.8 Å². The first-order valence-electron chi connectivity index (χ1n) is 7.50. The molecule has 0 spiro atoms. The quantitative estimate of drug-likeness (QED) is 0.653. The van der Waals surface area contributed by atoms with Crippen LogP contribution in [0.3, 0.4) is 0 Å². The number of phenols is 2. The Hall–Kier alpha value is -2.00. The van der Waals surface area contributed by atoms with Gasteiger partial charge in [0.05, 0.1) is 0 Å². The van der Waals surface area contributed by atoms with Crippen LogP contribution in [0.25, 0.3) is 0 Å². The van der Waals surface area contributed by atoms with Gasteiger partial charge in [-0.1, -0.05) is 24.3 Å². The number of benzene rings is 2. The van der Waals surface area contributed by atoms with Crippen LogP contribution in [-0.2, 0) is 12.8 Å². The minimum Gasteiger partial charge on any atom is -0.508 e. The van der Waals surface area contributed by atoms with Gasteiger partial charge in [-0.3, -0.25) is 0 Å². The van der Waals surface area contributed by atoms with Crippen LogP contribution in [0, 0.1) is 0 Å². The molecule has 0 saturated heterocycles. The lowest BCUT2D eigenvalue weighted by Crippen LogP contribution is -2.17. The molecule has 0 aliphatic carbocycles. The van der Waals surface area contributed by atoms with Crippen molar-refractivity contribution in [3.8, 4) is 11.5 Å². The molecule has 0 atom stereocenters. The second-order valence-corrected chi connectivity index (χ2v) is 5.29. The Balaban J connectivity index is 1.52. The van der Waals surface area contributed by atoms with Gasteiger partial charge in [-0.2, -0.15) is 0 Å². The fourth-order valence-corrected chi connectivity index (χ4v) is 2.29. The molecule has 0 aliphatic heterocycles. The topological polar surface area (TPSA) is 52.5 Å². The maximum atomic E-state index is 9.21. The van der Waals surface area contributed by atoms with Crippen molar-refractivity contribution in [1.29, 1.82) is 0 Å². The van der Waals surface area contributed by atoms with Gasteiger partial charge in [-0.25, -0.2) is 0 Å². The Bertz CT molecular complexity index is 470. The normalized spacial score (nSPS) is 10.7. The molecule has 0 unspecified atom stereocenters. The number of nitrogens with one attached hydrogen (secondary N) is 1. The van der Waals surface area contributed by atoms with Crippen molar-refractivity contribution < 1.29 is 10.2 Å². The average Bonchev–Trinajstić information content (AvgIpc) is 2.50. The van der Waals surface area contributed by atoms with Gasteiger partial charge in [-0.05, 0) is 74.2 Å². The lowest BCUT2D eigenvalue weighted by molar-refractivity contribution is 0.474. The summed E-state index contributed by atoms with van der Waals surface area (Å²) in [4.78, 5) is 0. The zero-order valence-electron chi connectivity index (χ0n) is 12.3. The molecule has 0 radical (unpaired) electrons. The molecule has 0 amide bonds. The molecule has 0 bridgehead atoms. The maximum Gasteiger partial charge on any atom is 0.115 e. The molecule has 0 aliphatic rings. The number of aryl methyl sites for hydroxylation is 2. The number of hydrogen-bond donors (Lipinski definition) is 3. The van der Waals surface area contributed by atoms with Gasteiger partial charge in [0.1, 0.15) is 11.5 Å². The predicted molar refractivity (Wildman–Crippen MR) is 85.7 cm³/mol. The van der Waals surface area contributed by atoms with E-state index >= 15 is 0 Å². The molecule has 2 aromatic carbocycles. The van der Waals surface area contributed by atoms with Crippen molar-refractivity contribution in [2.75, 3.05) is 13.1 Å². The minimum absolute atomic E-state index is 0.325. The SMILES string of the molecule is Oc1ccc(CCCNCCCc2ccc(O)cc2)cc1. The van der Waals surface area contributed by atoms with Gasteiger partial charge < -0.3 is 15.5 Å². The number of hydrogen-bond acceptors (Lipinski definition) is 3. The standard InChI is InChI=1S/C18H23NO2/c20-17-9-5-15(6-10-17)3-1-13-19-14-2-4-16-7-11-18(21)12-8-16/h5-12,19-21H,1-4,13-14H2. The third-order valence-corrected chi connectivity index (χ3v) is 3.51. The van der Waals surface area contributed by atoms with Gasteiger partial charge in [0.25, 0.3) is 0 Å². The van der Waals surface area contributed by atoms with Crippen molar-refractivity contribution in [2.24, 2.45) is 0 Å². The third-order valence-electron chi connectivity index (χ3n) is 3.51. The summed E-state index contributed by atoms with van der Waals surface area (Å²) in [6.45, 7) is 2.02. The van der Waals surface area contributed by atoms with Crippen molar-refractivity contribution in [2.45, 2.75) is 25.7 Å². The van der Waals surface area contributed by atoms with Crippen LogP contribution in [0.5, 0.6) is 11.5 Å². The van der Waals surface area contributed by atoms with E-state index in [2.05, 4.69) is 5.32 Å². The highest BCUT2D eigenvalue weighted by molar-refractivity contribution is 5.26. The molecule has 0 saturated carbocycles. The molecule has 2 aromatic rings. The van der Waals surface area contributed by atoms with E-state index < -0.39 is 0 Å². The van der Waals surface area contributed by atoms with Crippen LogP contribution in [0.15, 0.2) is 48.5 Å². The minimum atomic E-state index is 0.325. The zero-order chi connectivity index (χ0) is 14.9. The van der Waals surface area contributed by atoms with Crippen molar-refractivity contribution in [3.63, 3.8) is 0 Å². The zero-order valence-corrected chi connectivity index (χ0v) is 12.3.